The third-order valence-corrected chi connectivity index (χ3v) is 6.75. The van der Waals surface area contributed by atoms with Crippen LogP contribution in [0.15, 0.2) is 59.4 Å². The first kappa shape index (κ1) is 22.3. The second-order valence-corrected chi connectivity index (χ2v) is 8.97. The Kier molecular flexibility index (Phi) is 6.67. The number of nitrogens with zero attached hydrogens (tertiary/aromatic N) is 5. The van der Waals surface area contributed by atoms with E-state index in [1.165, 1.54) is 18.4 Å². The van der Waals surface area contributed by atoms with Crippen LogP contribution in [-0.4, -0.2) is 43.2 Å². The molecule has 176 valence electrons. The first-order chi connectivity index (χ1) is 16.7. The van der Waals surface area contributed by atoms with Crippen molar-refractivity contribution in [1.82, 2.24) is 30.1 Å². The number of H-pyrrole nitrogens is 1. The van der Waals surface area contributed by atoms with E-state index in [2.05, 4.69) is 49.7 Å². The summed E-state index contributed by atoms with van der Waals surface area (Å²) < 4.78 is 7.19. The van der Waals surface area contributed by atoms with Crippen molar-refractivity contribution >= 4 is 10.9 Å². The van der Waals surface area contributed by atoms with Gasteiger partial charge in [-0.3, -0.25) is 9.69 Å². The summed E-state index contributed by atoms with van der Waals surface area (Å²) in [5.41, 5.74) is 2.74. The Bertz CT molecular complexity index is 1290. The molecular weight excluding hydrogens is 428 g/mol. The van der Waals surface area contributed by atoms with Crippen LogP contribution in [0.3, 0.4) is 0 Å². The Balaban J connectivity index is 1.37. The van der Waals surface area contributed by atoms with E-state index < -0.39 is 0 Å². The van der Waals surface area contributed by atoms with E-state index in [0.29, 0.717) is 19.1 Å². The molecule has 1 aliphatic carbocycles. The van der Waals surface area contributed by atoms with Crippen molar-refractivity contribution in [3.8, 4) is 5.75 Å². The first-order valence-corrected chi connectivity index (χ1v) is 11.9. The van der Waals surface area contributed by atoms with Crippen molar-refractivity contribution in [2.24, 2.45) is 0 Å². The van der Waals surface area contributed by atoms with Gasteiger partial charge in [-0.2, -0.15) is 0 Å². The molecule has 0 atom stereocenters. The maximum absolute atomic E-state index is 12.9. The fraction of sp³-hybridized carbons (Fsp3) is 0.385. The summed E-state index contributed by atoms with van der Waals surface area (Å²) in [6.07, 6.45) is 5.57. The van der Waals surface area contributed by atoms with Gasteiger partial charge >= 0.3 is 0 Å². The third-order valence-electron chi connectivity index (χ3n) is 6.75. The Morgan fingerprint density at radius 2 is 1.91 bits per heavy atom. The number of rotatable bonds is 9. The number of methoxy groups -OCH3 is 1. The summed E-state index contributed by atoms with van der Waals surface area (Å²) in [5.74, 6) is 1.57. The van der Waals surface area contributed by atoms with E-state index in [1.807, 2.05) is 35.0 Å². The van der Waals surface area contributed by atoms with Gasteiger partial charge in [-0.15, -0.1) is 5.10 Å². The highest BCUT2D eigenvalue weighted by Gasteiger charge is 2.25. The second-order valence-electron chi connectivity index (χ2n) is 8.97. The maximum Gasteiger partial charge on any atom is 0.252 e. The number of aromatic amines is 1. The van der Waals surface area contributed by atoms with Gasteiger partial charge in [0.2, 0.25) is 0 Å². The number of aryl methyl sites for hydroxylation is 2. The molecule has 0 radical (unpaired) electrons. The Labute approximate surface area is 198 Å². The number of aromatic nitrogens is 5. The number of hydrogen-bond donors (Lipinski definition) is 1. The molecule has 4 aromatic rings. The number of fused-ring (bicyclic) bond motifs is 1. The Morgan fingerprint density at radius 3 is 2.71 bits per heavy atom. The second kappa shape index (κ2) is 10.2. The molecule has 1 saturated carbocycles. The average molecular weight is 459 g/mol. The predicted octanol–water partition coefficient (Wildman–Crippen LogP) is 3.71. The minimum atomic E-state index is -0.0626. The standard InChI is InChI=1S/C26H30N6O2/c1-34-23-12-11-20-15-21(26(33)27-24(20)16-23)17-31(22-9-5-6-10-22)18-25-28-29-30-32(25)14-13-19-7-3-2-4-8-19/h2-4,7-8,11-12,15-16,22H,5-6,9-10,13-14,17-18H2,1H3,(H,27,33). The number of hydrogen-bond acceptors (Lipinski definition) is 6. The zero-order valence-corrected chi connectivity index (χ0v) is 19.5. The van der Waals surface area contributed by atoms with E-state index >= 15 is 0 Å². The lowest BCUT2D eigenvalue weighted by Gasteiger charge is -2.28. The highest BCUT2D eigenvalue weighted by molar-refractivity contribution is 5.80. The van der Waals surface area contributed by atoms with Crippen molar-refractivity contribution < 1.29 is 4.74 Å². The van der Waals surface area contributed by atoms with Gasteiger partial charge in [-0.1, -0.05) is 43.2 Å². The number of tetrazole rings is 1. The van der Waals surface area contributed by atoms with Gasteiger partial charge in [0.25, 0.3) is 5.56 Å². The summed E-state index contributed by atoms with van der Waals surface area (Å²) in [7, 11) is 1.63. The van der Waals surface area contributed by atoms with Crippen LogP contribution < -0.4 is 10.3 Å². The van der Waals surface area contributed by atoms with Gasteiger partial charge in [-0.25, -0.2) is 4.68 Å². The molecule has 2 aromatic carbocycles. The van der Waals surface area contributed by atoms with Gasteiger partial charge in [-0.05, 0) is 58.8 Å². The van der Waals surface area contributed by atoms with Crippen LogP contribution in [-0.2, 0) is 26.1 Å². The normalized spacial score (nSPS) is 14.3. The zero-order chi connectivity index (χ0) is 23.3. The Hall–Kier alpha value is -3.52. The molecule has 1 fully saturated rings. The van der Waals surface area contributed by atoms with E-state index in [-0.39, 0.29) is 5.56 Å². The van der Waals surface area contributed by atoms with Crippen LogP contribution in [0.5, 0.6) is 5.75 Å². The van der Waals surface area contributed by atoms with Crippen LogP contribution in [0.1, 0.15) is 42.6 Å². The van der Waals surface area contributed by atoms with Gasteiger partial charge in [0.1, 0.15) is 5.75 Å². The molecule has 0 spiro atoms. The highest BCUT2D eigenvalue weighted by atomic mass is 16.5. The largest absolute Gasteiger partial charge is 0.497 e. The van der Waals surface area contributed by atoms with Gasteiger partial charge in [0.15, 0.2) is 5.82 Å². The van der Waals surface area contributed by atoms with E-state index in [9.17, 15) is 4.79 Å². The molecule has 8 heteroatoms. The first-order valence-electron chi connectivity index (χ1n) is 11.9. The predicted molar refractivity (Wildman–Crippen MR) is 131 cm³/mol. The monoisotopic (exact) mass is 458 g/mol. The van der Waals surface area contributed by atoms with Crippen molar-refractivity contribution in [3.63, 3.8) is 0 Å². The topological polar surface area (TPSA) is 88.9 Å². The van der Waals surface area contributed by atoms with Crippen LogP contribution in [0.4, 0.5) is 0 Å². The third kappa shape index (κ3) is 5.02. The summed E-state index contributed by atoms with van der Waals surface area (Å²) in [6.45, 7) is 1.91. The minimum Gasteiger partial charge on any atom is -0.497 e. The molecule has 0 saturated heterocycles. The van der Waals surface area contributed by atoms with Crippen molar-refractivity contribution in [3.05, 3.63) is 81.9 Å². The van der Waals surface area contributed by atoms with E-state index in [4.69, 9.17) is 4.74 Å². The van der Waals surface area contributed by atoms with Crippen molar-refractivity contribution in [1.29, 1.82) is 0 Å². The number of nitrogens with one attached hydrogen (secondary N) is 1. The van der Waals surface area contributed by atoms with Gasteiger partial charge in [0.05, 0.1) is 19.2 Å². The molecule has 2 heterocycles. The SMILES string of the molecule is COc1ccc2cc(CN(Cc3nnnn3CCc3ccccc3)C3CCCC3)c(=O)[nH]c2c1. The van der Waals surface area contributed by atoms with E-state index in [0.717, 1.165) is 53.8 Å². The molecule has 1 aliphatic rings. The van der Waals surface area contributed by atoms with Crippen LogP contribution in [0.2, 0.25) is 0 Å². The molecule has 34 heavy (non-hydrogen) atoms. The number of ether oxygens (including phenoxy) is 1. The molecule has 8 nitrogen and oxygen atoms in total. The lowest BCUT2D eigenvalue weighted by atomic mass is 10.1. The smallest absolute Gasteiger partial charge is 0.252 e. The average Bonchev–Trinajstić information content (AvgIpc) is 3.55. The van der Waals surface area contributed by atoms with Gasteiger partial charge in [0, 0.05) is 30.8 Å². The summed E-state index contributed by atoms with van der Waals surface area (Å²) >= 11 is 0. The number of benzene rings is 2. The van der Waals surface area contributed by atoms with Crippen molar-refractivity contribution in [2.75, 3.05) is 7.11 Å². The number of pyridine rings is 1. The fourth-order valence-electron chi connectivity index (χ4n) is 4.84. The van der Waals surface area contributed by atoms with Crippen molar-refractivity contribution in [2.45, 2.75) is 57.8 Å². The van der Waals surface area contributed by atoms with Crippen LogP contribution in [0, 0.1) is 0 Å². The molecule has 0 bridgehead atoms. The lowest BCUT2D eigenvalue weighted by molar-refractivity contribution is 0.172. The molecular formula is C26H30N6O2. The molecule has 1 N–H and O–H groups in total. The summed E-state index contributed by atoms with van der Waals surface area (Å²) in [5, 5.41) is 13.5. The maximum atomic E-state index is 12.9. The quantitative estimate of drug-likeness (QED) is 0.411. The lowest BCUT2D eigenvalue weighted by Crippen LogP contribution is -2.35. The van der Waals surface area contributed by atoms with E-state index in [1.54, 1.807) is 7.11 Å². The summed E-state index contributed by atoms with van der Waals surface area (Å²) in [6, 6.07) is 18.5. The minimum absolute atomic E-state index is 0.0626. The molecule has 0 amide bonds. The highest BCUT2D eigenvalue weighted by Crippen LogP contribution is 2.26. The van der Waals surface area contributed by atoms with Gasteiger partial charge < -0.3 is 9.72 Å². The Morgan fingerprint density at radius 1 is 1.09 bits per heavy atom. The van der Waals surface area contributed by atoms with Crippen LogP contribution in [0.25, 0.3) is 10.9 Å². The fourth-order valence-corrected chi connectivity index (χ4v) is 4.84. The summed E-state index contributed by atoms with van der Waals surface area (Å²) in [4.78, 5) is 18.3. The zero-order valence-electron chi connectivity index (χ0n) is 19.5. The molecule has 5 rings (SSSR count). The van der Waals surface area contributed by atoms with Crippen LogP contribution >= 0.6 is 0 Å². The molecule has 0 unspecified atom stereocenters. The molecule has 2 aromatic heterocycles. The molecule has 0 aliphatic heterocycles.